The third-order valence-corrected chi connectivity index (χ3v) is 5.74. The van der Waals surface area contributed by atoms with Crippen LogP contribution in [-0.2, 0) is 11.3 Å². The van der Waals surface area contributed by atoms with E-state index in [9.17, 15) is 9.18 Å². The highest BCUT2D eigenvalue weighted by atomic mass is 32.2. The molecule has 0 saturated carbocycles. The molecule has 1 unspecified atom stereocenters. The molecule has 0 N–H and O–H groups in total. The molecule has 0 spiro atoms. The second-order valence-electron chi connectivity index (χ2n) is 6.68. The van der Waals surface area contributed by atoms with Crippen LogP contribution in [0.25, 0.3) is 0 Å². The first-order chi connectivity index (χ1) is 13.5. The summed E-state index contributed by atoms with van der Waals surface area (Å²) in [6.07, 6.45) is 2.39. The Morgan fingerprint density at radius 1 is 1.14 bits per heavy atom. The van der Waals surface area contributed by atoms with Gasteiger partial charge in [0, 0.05) is 19.8 Å². The standard InChI is InChI=1S/C21H23FN4OS/c1-4-19-20(27)26(14-16-5-9-17(22)10-6-16)21(28-19)24-23-13-15-7-11-18(12-8-15)25(2)3/h5-13,19H,4,14H2,1-3H3/b23-13+,24-21-. The monoisotopic (exact) mass is 398 g/mol. The minimum Gasteiger partial charge on any atom is -0.378 e. The Labute approximate surface area is 168 Å². The fourth-order valence-corrected chi connectivity index (χ4v) is 3.79. The van der Waals surface area contributed by atoms with Crippen molar-refractivity contribution in [1.29, 1.82) is 0 Å². The summed E-state index contributed by atoms with van der Waals surface area (Å²) in [5, 5.41) is 8.88. The lowest BCUT2D eigenvalue weighted by Gasteiger charge is -2.15. The first-order valence-corrected chi connectivity index (χ1v) is 9.96. The fraction of sp³-hybridized carbons (Fsp3) is 0.286. The number of halogens is 1. The number of thioether (sulfide) groups is 1. The minimum atomic E-state index is -0.295. The van der Waals surface area contributed by atoms with Gasteiger partial charge < -0.3 is 4.90 Å². The van der Waals surface area contributed by atoms with Crippen molar-refractivity contribution in [1.82, 2.24) is 4.90 Å². The van der Waals surface area contributed by atoms with Crippen LogP contribution >= 0.6 is 11.8 Å². The summed E-state index contributed by atoms with van der Waals surface area (Å²) in [5.41, 5.74) is 2.89. The van der Waals surface area contributed by atoms with Crippen LogP contribution < -0.4 is 4.90 Å². The molecule has 28 heavy (non-hydrogen) atoms. The molecule has 0 radical (unpaired) electrons. The van der Waals surface area contributed by atoms with Crippen LogP contribution in [0.2, 0.25) is 0 Å². The van der Waals surface area contributed by atoms with Gasteiger partial charge in [-0.05, 0) is 41.8 Å². The van der Waals surface area contributed by atoms with E-state index in [0.717, 1.165) is 23.2 Å². The number of nitrogens with zero attached hydrogens (tertiary/aromatic N) is 4. The number of hydrogen-bond donors (Lipinski definition) is 0. The van der Waals surface area contributed by atoms with Gasteiger partial charge in [-0.3, -0.25) is 9.69 Å². The molecular weight excluding hydrogens is 375 g/mol. The number of carbonyl (C=O) groups excluding carboxylic acids is 1. The highest BCUT2D eigenvalue weighted by Crippen LogP contribution is 2.30. The highest BCUT2D eigenvalue weighted by molar-refractivity contribution is 8.15. The predicted molar refractivity (Wildman–Crippen MR) is 114 cm³/mol. The molecule has 1 fully saturated rings. The Morgan fingerprint density at radius 2 is 1.82 bits per heavy atom. The normalized spacial score (nSPS) is 18.4. The molecule has 3 rings (SSSR count). The first-order valence-electron chi connectivity index (χ1n) is 9.09. The summed E-state index contributed by atoms with van der Waals surface area (Å²) in [4.78, 5) is 16.3. The summed E-state index contributed by atoms with van der Waals surface area (Å²) < 4.78 is 13.1. The number of hydrogen-bond acceptors (Lipinski definition) is 5. The summed E-state index contributed by atoms with van der Waals surface area (Å²) in [6, 6.07) is 14.1. The zero-order valence-corrected chi connectivity index (χ0v) is 17.0. The fourth-order valence-electron chi connectivity index (χ4n) is 2.77. The highest BCUT2D eigenvalue weighted by Gasteiger charge is 2.36. The molecule has 7 heteroatoms. The van der Waals surface area contributed by atoms with Gasteiger partial charge in [0.05, 0.1) is 18.0 Å². The van der Waals surface area contributed by atoms with Gasteiger partial charge in [-0.15, -0.1) is 5.10 Å². The third kappa shape index (κ3) is 4.78. The molecule has 1 aliphatic heterocycles. The van der Waals surface area contributed by atoms with Crippen molar-refractivity contribution in [2.24, 2.45) is 10.2 Å². The van der Waals surface area contributed by atoms with Gasteiger partial charge >= 0.3 is 0 Å². The molecule has 1 heterocycles. The number of rotatable bonds is 6. The molecule has 2 aromatic carbocycles. The summed E-state index contributed by atoms with van der Waals surface area (Å²) in [6.45, 7) is 2.33. The summed E-state index contributed by atoms with van der Waals surface area (Å²) in [5.74, 6) is -0.280. The van der Waals surface area contributed by atoms with Crippen LogP contribution in [0.4, 0.5) is 10.1 Å². The van der Waals surface area contributed by atoms with Crippen LogP contribution in [0.1, 0.15) is 24.5 Å². The Kier molecular flexibility index (Phi) is 6.46. The van der Waals surface area contributed by atoms with E-state index in [1.54, 1.807) is 23.2 Å². The van der Waals surface area contributed by atoms with Gasteiger partial charge in [0.15, 0.2) is 5.17 Å². The molecule has 1 atom stereocenters. The average Bonchev–Trinajstić information content (AvgIpc) is 2.99. The largest absolute Gasteiger partial charge is 0.378 e. The lowest BCUT2D eigenvalue weighted by Crippen LogP contribution is -2.31. The van der Waals surface area contributed by atoms with Gasteiger partial charge in [0.2, 0.25) is 5.91 Å². The van der Waals surface area contributed by atoms with E-state index in [1.165, 1.54) is 23.9 Å². The van der Waals surface area contributed by atoms with E-state index in [2.05, 4.69) is 10.2 Å². The molecular formula is C21H23FN4OS. The number of amidine groups is 1. The average molecular weight is 399 g/mol. The van der Waals surface area contributed by atoms with Gasteiger partial charge in [-0.2, -0.15) is 5.10 Å². The Bertz CT molecular complexity index is 878. The van der Waals surface area contributed by atoms with Crippen molar-refractivity contribution >= 4 is 34.7 Å². The van der Waals surface area contributed by atoms with Gasteiger partial charge in [-0.25, -0.2) is 4.39 Å². The van der Waals surface area contributed by atoms with E-state index >= 15 is 0 Å². The molecule has 1 saturated heterocycles. The van der Waals surface area contributed by atoms with Crippen LogP contribution in [0, 0.1) is 5.82 Å². The lowest BCUT2D eigenvalue weighted by atomic mass is 10.2. The van der Waals surface area contributed by atoms with E-state index in [1.807, 2.05) is 50.2 Å². The maximum atomic E-state index is 13.1. The van der Waals surface area contributed by atoms with Crippen molar-refractivity contribution in [3.63, 3.8) is 0 Å². The second kappa shape index (κ2) is 9.01. The van der Waals surface area contributed by atoms with Gasteiger partial charge in [-0.1, -0.05) is 43.0 Å². The lowest BCUT2D eigenvalue weighted by molar-refractivity contribution is -0.126. The van der Waals surface area contributed by atoms with Crippen molar-refractivity contribution in [3.05, 3.63) is 65.5 Å². The topological polar surface area (TPSA) is 48.3 Å². The zero-order chi connectivity index (χ0) is 20.1. The Balaban J connectivity index is 1.76. The number of benzene rings is 2. The predicted octanol–water partition coefficient (Wildman–Crippen LogP) is 4.14. The Hall–Kier alpha value is -2.67. The molecule has 0 aromatic heterocycles. The van der Waals surface area contributed by atoms with Crippen LogP contribution in [0.15, 0.2) is 58.7 Å². The minimum absolute atomic E-state index is 0.0149. The Morgan fingerprint density at radius 3 is 2.43 bits per heavy atom. The smallest absolute Gasteiger partial charge is 0.242 e. The van der Waals surface area contributed by atoms with E-state index in [0.29, 0.717) is 11.7 Å². The van der Waals surface area contributed by atoms with Crippen molar-refractivity contribution in [2.45, 2.75) is 25.1 Å². The van der Waals surface area contributed by atoms with Crippen LogP contribution in [0.5, 0.6) is 0 Å². The number of anilines is 1. The molecule has 1 aliphatic rings. The second-order valence-corrected chi connectivity index (χ2v) is 7.85. The van der Waals surface area contributed by atoms with E-state index < -0.39 is 0 Å². The van der Waals surface area contributed by atoms with Crippen LogP contribution in [-0.4, -0.2) is 41.5 Å². The van der Waals surface area contributed by atoms with Crippen molar-refractivity contribution < 1.29 is 9.18 Å². The summed E-state index contributed by atoms with van der Waals surface area (Å²) in [7, 11) is 3.98. The van der Waals surface area contributed by atoms with E-state index in [4.69, 9.17) is 0 Å². The molecule has 2 aromatic rings. The van der Waals surface area contributed by atoms with Gasteiger partial charge in [0.1, 0.15) is 5.82 Å². The maximum Gasteiger partial charge on any atom is 0.242 e. The van der Waals surface area contributed by atoms with Crippen molar-refractivity contribution in [3.8, 4) is 0 Å². The third-order valence-electron chi connectivity index (χ3n) is 4.40. The quantitative estimate of drug-likeness (QED) is 0.543. The van der Waals surface area contributed by atoms with E-state index in [-0.39, 0.29) is 17.0 Å². The molecule has 5 nitrogen and oxygen atoms in total. The molecule has 0 aliphatic carbocycles. The molecule has 146 valence electrons. The SMILES string of the molecule is CCC1S/C(=N\N=C\c2ccc(N(C)C)cc2)N(Cc2ccc(F)cc2)C1=O. The molecule has 0 bridgehead atoms. The summed E-state index contributed by atoms with van der Waals surface area (Å²) >= 11 is 1.42. The maximum absolute atomic E-state index is 13.1. The van der Waals surface area contributed by atoms with Gasteiger partial charge in [0.25, 0.3) is 0 Å². The zero-order valence-electron chi connectivity index (χ0n) is 16.2. The van der Waals surface area contributed by atoms with Crippen molar-refractivity contribution in [2.75, 3.05) is 19.0 Å². The van der Waals surface area contributed by atoms with Crippen LogP contribution in [0.3, 0.4) is 0 Å². The molecule has 1 amide bonds. The number of carbonyl (C=O) groups is 1. The first kappa shape index (κ1) is 20.1. The number of amides is 1.